The van der Waals surface area contributed by atoms with Crippen molar-refractivity contribution in [2.75, 3.05) is 11.9 Å². The number of anilines is 1. The van der Waals surface area contributed by atoms with Crippen LogP contribution in [0.1, 0.15) is 17.8 Å². The van der Waals surface area contributed by atoms with Crippen LogP contribution < -0.4 is 5.32 Å². The molecule has 0 radical (unpaired) electrons. The lowest BCUT2D eigenvalue weighted by Gasteiger charge is -2.08. The zero-order chi connectivity index (χ0) is 15.2. The Bertz CT molecular complexity index is 721. The number of hydrogen-bond donors (Lipinski definition) is 1. The van der Waals surface area contributed by atoms with Crippen molar-refractivity contribution in [2.24, 2.45) is 0 Å². The quantitative estimate of drug-likeness (QED) is 0.710. The minimum absolute atomic E-state index is 0.829. The van der Waals surface area contributed by atoms with Gasteiger partial charge in [0.1, 0.15) is 23.8 Å². The zero-order valence-electron chi connectivity index (χ0n) is 12.6. The monoisotopic (exact) mass is 293 g/mol. The van der Waals surface area contributed by atoms with E-state index in [0.717, 1.165) is 36.8 Å². The highest BCUT2D eigenvalue weighted by molar-refractivity contribution is 5.40. The second kappa shape index (κ2) is 6.85. The van der Waals surface area contributed by atoms with Crippen molar-refractivity contribution < 1.29 is 0 Å². The molecule has 112 valence electrons. The van der Waals surface area contributed by atoms with Crippen LogP contribution in [0.25, 0.3) is 5.82 Å². The van der Waals surface area contributed by atoms with E-state index in [2.05, 4.69) is 44.5 Å². The van der Waals surface area contributed by atoms with E-state index in [1.165, 1.54) is 5.56 Å². The summed E-state index contributed by atoms with van der Waals surface area (Å²) in [5, 5.41) is 3.35. The number of imidazole rings is 1. The van der Waals surface area contributed by atoms with Crippen LogP contribution in [0.4, 0.5) is 5.82 Å². The molecule has 0 amide bonds. The Kier molecular flexibility index (Phi) is 4.44. The molecule has 2 heterocycles. The molecular weight excluding hydrogens is 274 g/mol. The first-order valence-electron chi connectivity index (χ1n) is 7.43. The van der Waals surface area contributed by atoms with Crippen molar-refractivity contribution in [3.63, 3.8) is 0 Å². The fourth-order valence-corrected chi connectivity index (χ4v) is 2.35. The maximum absolute atomic E-state index is 4.29. The number of benzene rings is 1. The van der Waals surface area contributed by atoms with Crippen LogP contribution in [-0.2, 0) is 6.42 Å². The van der Waals surface area contributed by atoms with Crippen molar-refractivity contribution in [3.8, 4) is 5.82 Å². The molecule has 5 nitrogen and oxygen atoms in total. The molecule has 0 fully saturated rings. The number of aromatic nitrogens is 4. The van der Waals surface area contributed by atoms with Gasteiger partial charge in [-0.25, -0.2) is 15.0 Å². The van der Waals surface area contributed by atoms with Crippen molar-refractivity contribution in [1.29, 1.82) is 0 Å². The molecule has 0 aliphatic carbocycles. The lowest BCUT2D eigenvalue weighted by Crippen LogP contribution is -2.07. The summed E-state index contributed by atoms with van der Waals surface area (Å²) in [6.07, 6.45) is 7.37. The molecule has 1 aromatic carbocycles. The van der Waals surface area contributed by atoms with Gasteiger partial charge in [0.25, 0.3) is 0 Å². The lowest BCUT2D eigenvalue weighted by atomic mass is 10.1. The van der Waals surface area contributed by atoms with E-state index < -0.39 is 0 Å². The molecule has 0 atom stereocenters. The van der Waals surface area contributed by atoms with Crippen molar-refractivity contribution in [1.82, 2.24) is 19.5 Å². The van der Waals surface area contributed by atoms with Crippen LogP contribution >= 0.6 is 0 Å². The third-order valence-corrected chi connectivity index (χ3v) is 3.52. The van der Waals surface area contributed by atoms with Gasteiger partial charge >= 0.3 is 0 Å². The summed E-state index contributed by atoms with van der Waals surface area (Å²) in [7, 11) is 0. The van der Waals surface area contributed by atoms with Crippen LogP contribution in [0, 0.1) is 6.92 Å². The van der Waals surface area contributed by atoms with E-state index in [4.69, 9.17) is 0 Å². The van der Waals surface area contributed by atoms with Crippen LogP contribution in [-0.4, -0.2) is 26.1 Å². The summed E-state index contributed by atoms with van der Waals surface area (Å²) in [5.41, 5.74) is 1.36. The summed E-state index contributed by atoms with van der Waals surface area (Å²) in [4.78, 5) is 12.8. The lowest BCUT2D eigenvalue weighted by molar-refractivity contribution is 0.854. The maximum Gasteiger partial charge on any atom is 0.143 e. The minimum atomic E-state index is 0.829. The fraction of sp³-hybridized carbons (Fsp3) is 0.235. The Morgan fingerprint density at radius 3 is 2.73 bits per heavy atom. The molecule has 0 bridgehead atoms. The molecule has 1 N–H and O–H groups in total. The number of nitrogens with one attached hydrogen (secondary N) is 1. The minimum Gasteiger partial charge on any atom is -0.370 e. The molecule has 0 aliphatic heterocycles. The van der Waals surface area contributed by atoms with E-state index in [1.54, 1.807) is 12.5 Å². The van der Waals surface area contributed by atoms with Crippen LogP contribution in [0.15, 0.2) is 55.1 Å². The molecule has 3 rings (SSSR count). The summed E-state index contributed by atoms with van der Waals surface area (Å²) >= 11 is 0. The largest absolute Gasteiger partial charge is 0.370 e. The smallest absolute Gasteiger partial charge is 0.143 e. The van der Waals surface area contributed by atoms with Gasteiger partial charge in [0.05, 0.1) is 0 Å². The van der Waals surface area contributed by atoms with E-state index in [9.17, 15) is 0 Å². The Hall–Kier alpha value is -2.69. The van der Waals surface area contributed by atoms with Crippen molar-refractivity contribution >= 4 is 5.82 Å². The first-order chi connectivity index (χ1) is 10.8. The first kappa shape index (κ1) is 14.3. The van der Waals surface area contributed by atoms with Crippen molar-refractivity contribution in [2.45, 2.75) is 19.8 Å². The Labute approximate surface area is 130 Å². The highest BCUT2D eigenvalue weighted by atomic mass is 15.1. The van der Waals surface area contributed by atoms with E-state index >= 15 is 0 Å². The molecule has 5 heteroatoms. The summed E-state index contributed by atoms with van der Waals surface area (Å²) in [5.74, 6) is 2.58. The fourth-order valence-electron chi connectivity index (χ4n) is 2.35. The number of hydrogen-bond acceptors (Lipinski definition) is 4. The topological polar surface area (TPSA) is 55.6 Å². The van der Waals surface area contributed by atoms with Gasteiger partial charge in [0.2, 0.25) is 0 Å². The SMILES string of the molecule is Cc1nccn1-c1cc(NCCCc2ccccc2)ncn1. The molecular formula is C17H19N5. The van der Waals surface area contributed by atoms with Gasteiger partial charge in [0, 0.05) is 25.0 Å². The molecule has 2 aromatic heterocycles. The molecule has 0 aliphatic rings. The van der Waals surface area contributed by atoms with Crippen molar-refractivity contribution in [3.05, 3.63) is 66.5 Å². The van der Waals surface area contributed by atoms with E-state index in [1.807, 2.05) is 29.8 Å². The van der Waals surface area contributed by atoms with Crippen LogP contribution in [0.2, 0.25) is 0 Å². The van der Waals surface area contributed by atoms with Gasteiger partial charge in [0.15, 0.2) is 0 Å². The summed E-state index contributed by atoms with van der Waals surface area (Å²) in [6, 6.07) is 12.5. The van der Waals surface area contributed by atoms with Gasteiger partial charge in [-0.15, -0.1) is 0 Å². The predicted molar refractivity (Wildman–Crippen MR) is 87.1 cm³/mol. The van der Waals surface area contributed by atoms with E-state index in [0.29, 0.717) is 0 Å². The molecule has 0 saturated heterocycles. The normalized spacial score (nSPS) is 10.6. The van der Waals surface area contributed by atoms with Crippen LogP contribution in [0.5, 0.6) is 0 Å². The molecule has 3 aromatic rings. The number of nitrogens with zero attached hydrogens (tertiary/aromatic N) is 4. The predicted octanol–water partition coefficient (Wildman–Crippen LogP) is 3.02. The second-order valence-corrected chi connectivity index (χ2v) is 5.12. The average Bonchev–Trinajstić information content (AvgIpc) is 2.99. The molecule has 22 heavy (non-hydrogen) atoms. The highest BCUT2D eigenvalue weighted by Crippen LogP contribution is 2.11. The number of rotatable bonds is 6. The summed E-state index contributed by atoms with van der Waals surface area (Å²) < 4.78 is 1.94. The molecule has 0 saturated carbocycles. The Morgan fingerprint density at radius 1 is 1.09 bits per heavy atom. The maximum atomic E-state index is 4.29. The third-order valence-electron chi connectivity index (χ3n) is 3.52. The van der Waals surface area contributed by atoms with Crippen LogP contribution in [0.3, 0.4) is 0 Å². The zero-order valence-corrected chi connectivity index (χ0v) is 12.6. The molecule has 0 unspecified atom stereocenters. The Morgan fingerprint density at radius 2 is 1.95 bits per heavy atom. The molecule has 0 spiro atoms. The number of aryl methyl sites for hydroxylation is 2. The van der Waals surface area contributed by atoms with Gasteiger partial charge in [-0.2, -0.15) is 0 Å². The second-order valence-electron chi connectivity index (χ2n) is 5.12. The van der Waals surface area contributed by atoms with Gasteiger partial charge in [-0.05, 0) is 25.3 Å². The standard InChI is InChI=1S/C17H19N5/c1-14-18-10-11-22(14)17-12-16(20-13-21-17)19-9-5-8-15-6-3-2-4-7-15/h2-4,6-7,10-13H,5,8-9H2,1H3,(H,19,20,21). The first-order valence-corrected chi connectivity index (χ1v) is 7.43. The van der Waals surface area contributed by atoms with E-state index in [-0.39, 0.29) is 0 Å². The van der Waals surface area contributed by atoms with Gasteiger partial charge in [-0.1, -0.05) is 30.3 Å². The van der Waals surface area contributed by atoms with Gasteiger partial charge < -0.3 is 5.32 Å². The third kappa shape index (κ3) is 3.49. The average molecular weight is 293 g/mol. The Balaban J connectivity index is 1.56. The highest BCUT2D eigenvalue weighted by Gasteiger charge is 2.03. The van der Waals surface area contributed by atoms with Gasteiger partial charge in [-0.3, -0.25) is 4.57 Å². The summed E-state index contributed by atoms with van der Waals surface area (Å²) in [6.45, 7) is 2.84.